The average Bonchev–Trinajstić information content (AvgIpc) is 3.04. The summed E-state index contributed by atoms with van der Waals surface area (Å²) in [5.41, 5.74) is 0.956. The van der Waals surface area contributed by atoms with Gasteiger partial charge in [-0.15, -0.1) is 0 Å². The number of hydrogen-bond donors (Lipinski definition) is 1. The maximum absolute atomic E-state index is 12.6. The molecule has 0 unspecified atom stereocenters. The number of amides is 1. The minimum Gasteiger partial charge on any atom is -0.463 e. The number of nitrogens with zero attached hydrogens (tertiary/aromatic N) is 1. The van der Waals surface area contributed by atoms with Crippen LogP contribution < -0.4 is 5.32 Å². The van der Waals surface area contributed by atoms with E-state index < -0.39 is 0 Å². The molecule has 2 aromatic rings. The fourth-order valence-electron chi connectivity index (χ4n) is 2.90. The zero-order valence-corrected chi connectivity index (χ0v) is 12.2. The molecule has 1 N–H and O–H groups in total. The molecule has 1 amide bonds. The van der Waals surface area contributed by atoms with Crippen LogP contribution in [-0.2, 0) is 0 Å². The number of carbonyl (C=O) groups is 1. The van der Waals surface area contributed by atoms with E-state index in [-0.39, 0.29) is 11.9 Å². The van der Waals surface area contributed by atoms with E-state index in [9.17, 15) is 4.79 Å². The van der Waals surface area contributed by atoms with Crippen molar-refractivity contribution in [1.29, 1.82) is 0 Å². The zero-order chi connectivity index (χ0) is 14.7. The topological polar surface area (TPSA) is 68.3 Å². The van der Waals surface area contributed by atoms with Crippen LogP contribution >= 0.6 is 0 Å². The summed E-state index contributed by atoms with van der Waals surface area (Å²) < 4.78 is 10.5. The number of rotatable bonds is 3. The first kappa shape index (κ1) is 13.9. The second kappa shape index (κ2) is 6.16. The van der Waals surface area contributed by atoms with Crippen LogP contribution in [0, 0.1) is 6.92 Å². The van der Waals surface area contributed by atoms with Crippen LogP contribution in [0.5, 0.6) is 0 Å². The Labute approximate surface area is 123 Å². The van der Waals surface area contributed by atoms with Gasteiger partial charge in [0, 0.05) is 6.04 Å². The Balaban J connectivity index is 1.79. The van der Waals surface area contributed by atoms with Gasteiger partial charge in [-0.2, -0.15) is 0 Å². The number of carbonyl (C=O) groups excluding carboxylic acids is 1. The molecule has 5 nitrogen and oxygen atoms in total. The van der Waals surface area contributed by atoms with Crippen LogP contribution in [0.4, 0.5) is 0 Å². The van der Waals surface area contributed by atoms with Gasteiger partial charge in [-0.1, -0.05) is 30.8 Å². The maximum atomic E-state index is 12.6. The van der Waals surface area contributed by atoms with E-state index in [1.54, 1.807) is 25.3 Å². The Morgan fingerprint density at radius 2 is 2.05 bits per heavy atom. The van der Waals surface area contributed by atoms with Crippen LogP contribution in [-0.4, -0.2) is 17.1 Å². The molecule has 0 aromatic carbocycles. The molecule has 0 radical (unpaired) electrons. The normalized spacial score (nSPS) is 16.6. The van der Waals surface area contributed by atoms with Crippen molar-refractivity contribution in [2.45, 2.75) is 51.5 Å². The van der Waals surface area contributed by atoms with E-state index in [4.69, 9.17) is 8.94 Å². The third-order valence-corrected chi connectivity index (χ3v) is 4.03. The Morgan fingerprint density at radius 3 is 2.71 bits per heavy atom. The Kier molecular flexibility index (Phi) is 4.08. The molecule has 2 aromatic heterocycles. The van der Waals surface area contributed by atoms with Crippen LogP contribution in [0.2, 0.25) is 0 Å². The zero-order valence-electron chi connectivity index (χ0n) is 12.2. The summed E-state index contributed by atoms with van der Waals surface area (Å²) in [6, 6.07) is 3.80. The SMILES string of the molecule is Cc1onc(-c2ccco2)c1C(=O)NC1CCCCCC1. The molecule has 1 aliphatic carbocycles. The minimum atomic E-state index is -0.118. The van der Waals surface area contributed by atoms with E-state index in [0.717, 1.165) is 12.8 Å². The number of hydrogen-bond acceptors (Lipinski definition) is 4. The lowest BCUT2D eigenvalue weighted by molar-refractivity contribution is 0.0932. The van der Waals surface area contributed by atoms with Crippen LogP contribution in [0.1, 0.15) is 54.6 Å². The Morgan fingerprint density at radius 1 is 1.29 bits per heavy atom. The Bertz CT molecular complexity index is 593. The highest BCUT2D eigenvalue weighted by Crippen LogP contribution is 2.26. The van der Waals surface area contributed by atoms with Crippen LogP contribution in [0.25, 0.3) is 11.5 Å². The summed E-state index contributed by atoms with van der Waals surface area (Å²) in [5, 5.41) is 7.09. The number of nitrogens with one attached hydrogen (secondary N) is 1. The van der Waals surface area contributed by atoms with E-state index in [1.165, 1.54) is 25.7 Å². The molecule has 5 heteroatoms. The fourth-order valence-corrected chi connectivity index (χ4v) is 2.90. The molecule has 21 heavy (non-hydrogen) atoms. The molecule has 1 fully saturated rings. The van der Waals surface area contributed by atoms with E-state index >= 15 is 0 Å². The summed E-state index contributed by atoms with van der Waals surface area (Å²) >= 11 is 0. The highest BCUT2D eigenvalue weighted by Gasteiger charge is 2.25. The molecule has 0 aliphatic heterocycles. The van der Waals surface area contributed by atoms with Crippen LogP contribution in [0.15, 0.2) is 27.3 Å². The lowest BCUT2D eigenvalue weighted by Crippen LogP contribution is -2.34. The van der Waals surface area contributed by atoms with Crippen molar-refractivity contribution < 1.29 is 13.7 Å². The van der Waals surface area contributed by atoms with Crippen molar-refractivity contribution in [1.82, 2.24) is 10.5 Å². The summed E-state index contributed by atoms with van der Waals surface area (Å²) in [6.45, 7) is 1.75. The van der Waals surface area contributed by atoms with Crippen molar-refractivity contribution in [2.75, 3.05) is 0 Å². The molecular weight excluding hydrogens is 268 g/mol. The van der Waals surface area contributed by atoms with Crippen molar-refractivity contribution in [3.8, 4) is 11.5 Å². The van der Waals surface area contributed by atoms with E-state index in [0.29, 0.717) is 22.8 Å². The van der Waals surface area contributed by atoms with Gasteiger partial charge >= 0.3 is 0 Å². The van der Waals surface area contributed by atoms with Gasteiger partial charge in [0.25, 0.3) is 5.91 Å². The van der Waals surface area contributed by atoms with Crippen molar-refractivity contribution in [3.63, 3.8) is 0 Å². The van der Waals surface area contributed by atoms with E-state index in [1.807, 2.05) is 0 Å². The maximum Gasteiger partial charge on any atom is 0.257 e. The van der Waals surface area contributed by atoms with Gasteiger partial charge in [-0.3, -0.25) is 4.79 Å². The Hall–Kier alpha value is -2.04. The lowest BCUT2D eigenvalue weighted by Gasteiger charge is -2.15. The third kappa shape index (κ3) is 3.01. The molecule has 0 spiro atoms. The van der Waals surface area contributed by atoms with Gasteiger partial charge in [0.2, 0.25) is 0 Å². The highest BCUT2D eigenvalue weighted by atomic mass is 16.5. The van der Waals surface area contributed by atoms with Gasteiger partial charge < -0.3 is 14.3 Å². The summed E-state index contributed by atoms with van der Waals surface area (Å²) in [5.74, 6) is 0.956. The quantitative estimate of drug-likeness (QED) is 0.874. The predicted octanol–water partition coefficient (Wildman–Crippen LogP) is 3.70. The molecule has 2 heterocycles. The first-order chi connectivity index (χ1) is 10.3. The summed E-state index contributed by atoms with van der Waals surface area (Å²) in [7, 11) is 0. The molecule has 112 valence electrons. The van der Waals surface area contributed by atoms with Gasteiger partial charge in [0.1, 0.15) is 11.3 Å². The van der Waals surface area contributed by atoms with Crippen molar-refractivity contribution >= 4 is 5.91 Å². The molecule has 0 saturated heterocycles. The fraction of sp³-hybridized carbons (Fsp3) is 0.500. The van der Waals surface area contributed by atoms with Gasteiger partial charge in [-0.05, 0) is 31.9 Å². The lowest BCUT2D eigenvalue weighted by atomic mass is 10.1. The molecule has 0 atom stereocenters. The highest BCUT2D eigenvalue weighted by molar-refractivity contribution is 6.00. The smallest absolute Gasteiger partial charge is 0.257 e. The van der Waals surface area contributed by atoms with Crippen LogP contribution in [0.3, 0.4) is 0 Å². The molecule has 1 aliphatic rings. The van der Waals surface area contributed by atoms with Gasteiger partial charge in [-0.25, -0.2) is 0 Å². The predicted molar refractivity (Wildman–Crippen MR) is 77.9 cm³/mol. The van der Waals surface area contributed by atoms with Gasteiger partial charge in [0.15, 0.2) is 11.5 Å². The van der Waals surface area contributed by atoms with Crippen molar-refractivity contribution in [3.05, 3.63) is 29.7 Å². The first-order valence-electron chi connectivity index (χ1n) is 7.56. The van der Waals surface area contributed by atoms with Crippen molar-refractivity contribution in [2.24, 2.45) is 0 Å². The number of aryl methyl sites for hydroxylation is 1. The minimum absolute atomic E-state index is 0.118. The summed E-state index contributed by atoms with van der Waals surface area (Å²) in [6.07, 6.45) is 8.54. The summed E-state index contributed by atoms with van der Waals surface area (Å²) in [4.78, 5) is 12.6. The average molecular weight is 288 g/mol. The van der Waals surface area contributed by atoms with E-state index in [2.05, 4.69) is 10.5 Å². The monoisotopic (exact) mass is 288 g/mol. The van der Waals surface area contributed by atoms with Gasteiger partial charge in [0.05, 0.1) is 6.26 Å². The standard InChI is InChI=1S/C16H20N2O3/c1-11-14(15(18-21-11)13-9-6-10-20-13)16(19)17-12-7-4-2-3-5-8-12/h6,9-10,12H,2-5,7-8H2,1H3,(H,17,19). The molecular formula is C16H20N2O3. The number of furan rings is 1. The number of aromatic nitrogens is 1. The first-order valence-corrected chi connectivity index (χ1v) is 7.56. The second-order valence-corrected chi connectivity index (χ2v) is 5.60. The molecule has 3 rings (SSSR count). The molecule has 0 bridgehead atoms. The second-order valence-electron chi connectivity index (χ2n) is 5.60. The molecule has 1 saturated carbocycles. The largest absolute Gasteiger partial charge is 0.463 e. The third-order valence-electron chi connectivity index (χ3n) is 4.03.